The standard InChI is InChI=1S/C15H14O3S/c1-10(15(17)18)8-9-19-14-7-6-13(16)11-4-2-3-5-12(11)14/h2-8,16H,9H2,1H3,(H,17,18)/b10-8-. The van der Waals surface area contributed by atoms with Crippen LogP contribution in [0.15, 0.2) is 52.9 Å². The first-order valence-corrected chi connectivity index (χ1v) is 6.81. The largest absolute Gasteiger partial charge is 0.507 e. The second-order valence-electron chi connectivity index (χ2n) is 4.13. The summed E-state index contributed by atoms with van der Waals surface area (Å²) in [5.74, 6) is -0.0410. The zero-order valence-corrected chi connectivity index (χ0v) is 11.3. The quantitative estimate of drug-likeness (QED) is 0.659. The van der Waals surface area contributed by atoms with Crippen molar-refractivity contribution in [1.82, 2.24) is 0 Å². The molecule has 0 fully saturated rings. The molecule has 2 N–H and O–H groups in total. The van der Waals surface area contributed by atoms with Crippen LogP contribution in [-0.4, -0.2) is 21.9 Å². The van der Waals surface area contributed by atoms with Gasteiger partial charge in [0.1, 0.15) is 5.75 Å². The smallest absolute Gasteiger partial charge is 0.330 e. The van der Waals surface area contributed by atoms with Crippen molar-refractivity contribution < 1.29 is 15.0 Å². The van der Waals surface area contributed by atoms with Crippen LogP contribution in [0.5, 0.6) is 5.75 Å². The van der Waals surface area contributed by atoms with Crippen molar-refractivity contribution in [2.75, 3.05) is 5.75 Å². The highest BCUT2D eigenvalue weighted by molar-refractivity contribution is 7.99. The minimum Gasteiger partial charge on any atom is -0.507 e. The molecule has 0 saturated carbocycles. The van der Waals surface area contributed by atoms with Crippen LogP contribution in [0, 0.1) is 0 Å². The highest BCUT2D eigenvalue weighted by Gasteiger charge is 2.05. The number of hydrogen-bond donors (Lipinski definition) is 2. The summed E-state index contributed by atoms with van der Waals surface area (Å²) < 4.78 is 0. The lowest BCUT2D eigenvalue weighted by Crippen LogP contribution is -1.96. The van der Waals surface area contributed by atoms with Gasteiger partial charge in [0.15, 0.2) is 0 Å². The van der Waals surface area contributed by atoms with Gasteiger partial charge in [-0.15, -0.1) is 11.8 Å². The van der Waals surface area contributed by atoms with Crippen LogP contribution < -0.4 is 0 Å². The highest BCUT2D eigenvalue weighted by Crippen LogP contribution is 2.33. The van der Waals surface area contributed by atoms with E-state index in [-0.39, 0.29) is 5.75 Å². The van der Waals surface area contributed by atoms with E-state index in [1.165, 1.54) is 0 Å². The Morgan fingerprint density at radius 1 is 1.21 bits per heavy atom. The fraction of sp³-hybridized carbons (Fsp3) is 0.133. The van der Waals surface area contributed by atoms with Gasteiger partial charge in [-0.3, -0.25) is 0 Å². The molecule has 0 radical (unpaired) electrons. The van der Waals surface area contributed by atoms with E-state index in [0.29, 0.717) is 11.3 Å². The van der Waals surface area contributed by atoms with Crippen molar-refractivity contribution in [1.29, 1.82) is 0 Å². The number of thioether (sulfide) groups is 1. The number of phenols is 1. The van der Waals surface area contributed by atoms with Crippen molar-refractivity contribution in [2.45, 2.75) is 11.8 Å². The Labute approximate surface area is 115 Å². The molecule has 98 valence electrons. The summed E-state index contributed by atoms with van der Waals surface area (Å²) in [6.45, 7) is 1.58. The van der Waals surface area contributed by atoms with Crippen LogP contribution in [0.3, 0.4) is 0 Å². The maximum atomic E-state index is 10.7. The fourth-order valence-electron chi connectivity index (χ4n) is 1.73. The molecule has 2 rings (SSSR count). The van der Waals surface area contributed by atoms with E-state index in [1.54, 1.807) is 30.8 Å². The second kappa shape index (κ2) is 5.80. The van der Waals surface area contributed by atoms with E-state index < -0.39 is 5.97 Å². The minimum atomic E-state index is -0.892. The van der Waals surface area contributed by atoms with Gasteiger partial charge in [-0.2, -0.15) is 0 Å². The number of rotatable bonds is 4. The molecule has 4 heteroatoms. The molecular formula is C15H14O3S. The van der Waals surface area contributed by atoms with E-state index in [9.17, 15) is 9.90 Å². The molecule has 0 spiro atoms. The van der Waals surface area contributed by atoms with Crippen LogP contribution in [-0.2, 0) is 4.79 Å². The number of fused-ring (bicyclic) bond motifs is 1. The fourth-order valence-corrected chi connectivity index (χ4v) is 2.74. The predicted molar refractivity (Wildman–Crippen MR) is 77.7 cm³/mol. The summed E-state index contributed by atoms with van der Waals surface area (Å²) in [7, 11) is 0. The van der Waals surface area contributed by atoms with Gasteiger partial charge in [-0.05, 0) is 24.4 Å². The van der Waals surface area contributed by atoms with E-state index >= 15 is 0 Å². The number of aliphatic carboxylic acids is 1. The summed E-state index contributed by atoms with van der Waals surface area (Å²) in [6.07, 6.45) is 1.69. The van der Waals surface area contributed by atoms with Gasteiger partial charge in [0.25, 0.3) is 0 Å². The van der Waals surface area contributed by atoms with Gasteiger partial charge in [-0.1, -0.05) is 30.3 Å². The third-order valence-electron chi connectivity index (χ3n) is 2.83. The van der Waals surface area contributed by atoms with Gasteiger partial charge in [0.2, 0.25) is 0 Å². The molecule has 0 aliphatic heterocycles. The lowest BCUT2D eigenvalue weighted by molar-refractivity contribution is -0.132. The van der Waals surface area contributed by atoms with E-state index in [1.807, 2.05) is 30.3 Å². The number of benzene rings is 2. The lowest BCUT2D eigenvalue weighted by atomic mass is 10.1. The molecule has 3 nitrogen and oxygen atoms in total. The zero-order chi connectivity index (χ0) is 13.8. The molecule has 0 aliphatic carbocycles. The Kier molecular flexibility index (Phi) is 4.12. The first kappa shape index (κ1) is 13.5. The normalized spacial score (nSPS) is 11.7. The predicted octanol–water partition coefficient (Wildman–Crippen LogP) is 3.67. The van der Waals surface area contributed by atoms with Crippen LogP contribution in [0.1, 0.15) is 6.92 Å². The molecule has 0 saturated heterocycles. The van der Waals surface area contributed by atoms with Crippen LogP contribution in [0.4, 0.5) is 0 Å². The molecule has 0 heterocycles. The maximum Gasteiger partial charge on any atom is 0.330 e. The summed E-state index contributed by atoms with van der Waals surface area (Å²) in [5, 5.41) is 20.4. The van der Waals surface area contributed by atoms with Gasteiger partial charge < -0.3 is 10.2 Å². The average molecular weight is 274 g/mol. The average Bonchev–Trinajstić information content (AvgIpc) is 2.41. The minimum absolute atomic E-state index is 0.261. The molecular weight excluding hydrogens is 260 g/mol. The molecule has 0 bridgehead atoms. The number of hydrogen-bond acceptors (Lipinski definition) is 3. The zero-order valence-electron chi connectivity index (χ0n) is 10.5. The third-order valence-corrected chi connectivity index (χ3v) is 3.83. The van der Waals surface area contributed by atoms with Crippen LogP contribution in [0.25, 0.3) is 10.8 Å². The van der Waals surface area contributed by atoms with Gasteiger partial charge in [-0.25, -0.2) is 4.79 Å². The highest BCUT2D eigenvalue weighted by atomic mass is 32.2. The van der Waals surface area contributed by atoms with Gasteiger partial charge in [0, 0.05) is 21.6 Å². The summed E-state index contributed by atoms with van der Waals surface area (Å²) >= 11 is 1.55. The first-order valence-electron chi connectivity index (χ1n) is 5.83. The van der Waals surface area contributed by atoms with Crippen LogP contribution in [0.2, 0.25) is 0 Å². The number of phenolic OH excluding ortho intramolecular Hbond substituents is 1. The Balaban J connectivity index is 2.25. The Morgan fingerprint density at radius 3 is 2.58 bits per heavy atom. The van der Waals surface area contributed by atoms with Gasteiger partial charge in [0.05, 0.1) is 0 Å². The molecule has 2 aromatic carbocycles. The molecule has 19 heavy (non-hydrogen) atoms. The number of carboxylic acids is 1. The van der Waals surface area contributed by atoms with Crippen molar-refractivity contribution in [3.05, 3.63) is 48.0 Å². The molecule has 0 unspecified atom stereocenters. The molecule has 0 amide bonds. The molecule has 0 aliphatic rings. The number of carboxylic acid groups (broad SMARTS) is 1. The molecule has 2 aromatic rings. The lowest BCUT2D eigenvalue weighted by Gasteiger charge is -2.06. The van der Waals surface area contributed by atoms with E-state index in [0.717, 1.165) is 15.7 Å². The second-order valence-corrected chi connectivity index (χ2v) is 5.19. The summed E-state index contributed by atoms with van der Waals surface area (Å²) in [5.41, 5.74) is 0.343. The molecule has 0 aromatic heterocycles. The van der Waals surface area contributed by atoms with Crippen molar-refractivity contribution in [2.24, 2.45) is 0 Å². The molecule has 0 atom stereocenters. The number of carbonyl (C=O) groups is 1. The van der Waals surface area contributed by atoms with Crippen LogP contribution >= 0.6 is 11.8 Å². The van der Waals surface area contributed by atoms with Crippen molar-refractivity contribution in [3.63, 3.8) is 0 Å². The van der Waals surface area contributed by atoms with Gasteiger partial charge >= 0.3 is 5.97 Å². The first-order chi connectivity index (χ1) is 9.09. The topological polar surface area (TPSA) is 57.5 Å². The van der Waals surface area contributed by atoms with Crippen molar-refractivity contribution in [3.8, 4) is 5.75 Å². The van der Waals surface area contributed by atoms with E-state index in [2.05, 4.69) is 0 Å². The summed E-state index contributed by atoms with van der Waals surface area (Å²) in [4.78, 5) is 11.7. The van der Waals surface area contributed by atoms with Crippen molar-refractivity contribution >= 4 is 28.5 Å². The Bertz CT molecular complexity index is 647. The number of aromatic hydroxyl groups is 1. The monoisotopic (exact) mass is 274 g/mol. The Morgan fingerprint density at radius 2 is 1.89 bits per heavy atom. The Hall–Kier alpha value is -1.94. The third kappa shape index (κ3) is 3.09. The summed E-state index contributed by atoms with van der Waals surface area (Å²) in [6, 6.07) is 11.1. The maximum absolute atomic E-state index is 10.7. The van der Waals surface area contributed by atoms with E-state index in [4.69, 9.17) is 5.11 Å². The SMILES string of the molecule is C/C(=C/CSc1ccc(O)c2ccccc12)C(=O)O.